The van der Waals surface area contributed by atoms with Crippen LogP contribution in [0.5, 0.6) is 0 Å². The Balaban J connectivity index is 2.18. The SMILES string of the molecule is C=NC(C)=C(SCNC(=O)N1CCCC1C(N)=O)c1ccnc(C(C)(C)C(F)(F)F)c1. The summed E-state index contributed by atoms with van der Waals surface area (Å²) >= 11 is 1.19. The summed E-state index contributed by atoms with van der Waals surface area (Å²) in [6.45, 7) is 7.73. The zero-order chi connectivity index (χ0) is 23.4. The summed E-state index contributed by atoms with van der Waals surface area (Å²) in [6, 6.07) is 1.89. The number of thioether (sulfide) groups is 1. The quantitative estimate of drug-likeness (QED) is 0.482. The Morgan fingerprint density at radius 2 is 2.10 bits per heavy atom. The molecule has 1 aliphatic heterocycles. The smallest absolute Gasteiger partial charge is 0.368 e. The lowest BCUT2D eigenvalue weighted by molar-refractivity contribution is -0.181. The Morgan fingerprint density at radius 1 is 1.42 bits per heavy atom. The van der Waals surface area contributed by atoms with Gasteiger partial charge >= 0.3 is 12.2 Å². The molecule has 31 heavy (non-hydrogen) atoms. The molecule has 1 fully saturated rings. The summed E-state index contributed by atoms with van der Waals surface area (Å²) in [4.78, 5) is 33.7. The molecule has 7 nitrogen and oxygen atoms in total. The topological polar surface area (TPSA) is 101 Å². The molecule has 0 aliphatic carbocycles. The summed E-state index contributed by atoms with van der Waals surface area (Å²) in [5.74, 6) is -0.437. The second-order valence-corrected chi connectivity index (χ2v) is 8.64. The van der Waals surface area contributed by atoms with Gasteiger partial charge in [0.1, 0.15) is 11.5 Å². The van der Waals surface area contributed by atoms with E-state index in [1.165, 1.54) is 28.9 Å². The molecule has 3 amide bonds. The van der Waals surface area contributed by atoms with Gasteiger partial charge in [-0.05, 0) is 58.0 Å². The number of aromatic nitrogens is 1. The molecular weight excluding hydrogens is 431 g/mol. The maximum atomic E-state index is 13.4. The summed E-state index contributed by atoms with van der Waals surface area (Å²) in [7, 11) is 0. The number of halogens is 3. The highest BCUT2D eigenvalue weighted by Gasteiger charge is 2.49. The first-order valence-corrected chi connectivity index (χ1v) is 10.6. The van der Waals surface area contributed by atoms with Gasteiger partial charge < -0.3 is 16.0 Å². The Morgan fingerprint density at radius 3 is 2.68 bits per heavy atom. The predicted octanol–water partition coefficient (Wildman–Crippen LogP) is 3.66. The number of nitrogens with zero attached hydrogens (tertiary/aromatic N) is 3. The number of aliphatic imine (C=N–C) groups is 1. The van der Waals surface area contributed by atoms with Crippen LogP contribution >= 0.6 is 11.8 Å². The van der Waals surface area contributed by atoms with Crippen LogP contribution < -0.4 is 11.1 Å². The molecule has 2 heterocycles. The molecule has 0 spiro atoms. The number of pyridine rings is 1. The molecule has 11 heteroatoms. The Hall–Kier alpha value is -2.56. The average Bonchev–Trinajstić information content (AvgIpc) is 3.20. The fourth-order valence-corrected chi connectivity index (χ4v) is 4.01. The first-order valence-electron chi connectivity index (χ1n) is 9.58. The Bertz CT molecular complexity index is 886. The summed E-state index contributed by atoms with van der Waals surface area (Å²) in [5.41, 5.74) is 4.06. The van der Waals surface area contributed by atoms with Crippen molar-refractivity contribution in [3.63, 3.8) is 0 Å². The van der Waals surface area contributed by atoms with Crippen LogP contribution in [0.1, 0.15) is 44.9 Å². The first kappa shape index (κ1) is 24.7. The van der Waals surface area contributed by atoms with Crippen LogP contribution in [0.2, 0.25) is 0 Å². The summed E-state index contributed by atoms with van der Waals surface area (Å²) < 4.78 is 40.3. The van der Waals surface area contributed by atoms with Gasteiger partial charge in [-0.1, -0.05) is 0 Å². The minimum Gasteiger partial charge on any atom is -0.368 e. The predicted molar refractivity (Wildman–Crippen MR) is 115 cm³/mol. The van der Waals surface area contributed by atoms with Gasteiger partial charge in [0.15, 0.2) is 0 Å². The number of alkyl halides is 3. The number of primary amides is 1. The van der Waals surface area contributed by atoms with E-state index in [1.807, 2.05) is 0 Å². The van der Waals surface area contributed by atoms with Crippen molar-refractivity contribution >= 4 is 35.3 Å². The molecule has 0 radical (unpaired) electrons. The second-order valence-electron chi connectivity index (χ2n) is 7.65. The first-order chi connectivity index (χ1) is 14.4. The highest BCUT2D eigenvalue weighted by Crippen LogP contribution is 2.41. The minimum atomic E-state index is -4.47. The van der Waals surface area contributed by atoms with Gasteiger partial charge in [-0.3, -0.25) is 14.8 Å². The van der Waals surface area contributed by atoms with Gasteiger partial charge in [-0.15, -0.1) is 11.8 Å². The van der Waals surface area contributed by atoms with Crippen molar-refractivity contribution in [3.8, 4) is 0 Å². The fraction of sp³-hybridized carbons (Fsp3) is 0.500. The van der Waals surface area contributed by atoms with E-state index in [2.05, 4.69) is 22.0 Å². The van der Waals surface area contributed by atoms with Gasteiger partial charge in [0, 0.05) is 17.6 Å². The van der Waals surface area contributed by atoms with E-state index in [1.54, 1.807) is 13.0 Å². The van der Waals surface area contributed by atoms with Crippen LogP contribution in [0.25, 0.3) is 4.91 Å². The van der Waals surface area contributed by atoms with Crippen molar-refractivity contribution in [1.82, 2.24) is 15.2 Å². The molecule has 1 saturated heterocycles. The number of carbonyl (C=O) groups is 2. The van der Waals surface area contributed by atoms with Crippen LogP contribution in [0.3, 0.4) is 0 Å². The van der Waals surface area contributed by atoms with Gasteiger partial charge in [0.25, 0.3) is 0 Å². The zero-order valence-electron chi connectivity index (χ0n) is 17.6. The molecule has 1 unspecified atom stereocenters. The zero-order valence-corrected chi connectivity index (χ0v) is 18.4. The van der Waals surface area contributed by atoms with E-state index < -0.39 is 29.6 Å². The van der Waals surface area contributed by atoms with Gasteiger partial charge in [0.05, 0.1) is 17.3 Å². The molecule has 1 aromatic rings. The lowest BCUT2D eigenvalue weighted by Crippen LogP contribution is -2.48. The second kappa shape index (κ2) is 9.71. The normalized spacial score (nSPS) is 17.9. The van der Waals surface area contributed by atoms with Gasteiger partial charge in [-0.2, -0.15) is 13.2 Å². The molecule has 1 aromatic heterocycles. The monoisotopic (exact) mass is 457 g/mol. The van der Waals surface area contributed by atoms with Crippen molar-refractivity contribution in [2.24, 2.45) is 10.7 Å². The van der Waals surface area contributed by atoms with Crippen LogP contribution in [0.4, 0.5) is 18.0 Å². The molecule has 1 aliphatic rings. The van der Waals surface area contributed by atoms with E-state index in [0.29, 0.717) is 35.6 Å². The molecule has 2 rings (SSSR count). The van der Waals surface area contributed by atoms with Gasteiger partial charge in [0.2, 0.25) is 5.91 Å². The number of nitrogens with two attached hydrogens (primary N) is 1. The Labute approximate surface area is 183 Å². The lowest BCUT2D eigenvalue weighted by atomic mass is 9.87. The van der Waals surface area contributed by atoms with Crippen LogP contribution in [-0.4, -0.2) is 53.2 Å². The number of carbonyl (C=O) groups excluding carboxylic acids is 2. The van der Waals surface area contributed by atoms with Crippen molar-refractivity contribution in [2.75, 3.05) is 12.4 Å². The number of allylic oxidation sites excluding steroid dienone is 1. The summed E-state index contributed by atoms with van der Waals surface area (Å²) in [5, 5.41) is 2.71. The van der Waals surface area contributed by atoms with E-state index in [-0.39, 0.29) is 11.6 Å². The van der Waals surface area contributed by atoms with Crippen molar-refractivity contribution in [2.45, 2.75) is 51.2 Å². The molecule has 1 atom stereocenters. The van der Waals surface area contributed by atoms with Crippen molar-refractivity contribution in [1.29, 1.82) is 0 Å². The Kier molecular flexibility index (Phi) is 7.74. The minimum absolute atomic E-state index is 0.114. The molecular formula is C20H26F3N5O2S. The van der Waals surface area contributed by atoms with Crippen LogP contribution in [0.15, 0.2) is 29.0 Å². The number of hydrogen-bond acceptors (Lipinski definition) is 5. The van der Waals surface area contributed by atoms with E-state index in [0.717, 1.165) is 13.8 Å². The maximum absolute atomic E-state index is 13.4. The molecule has 0 saturated carbocycles. The summed E-state index contributed by atoms with van der Waals surface area (Å²) in [6.07, 6.45) is -1.94. The highest BCUT2D eigenvalue weighted by atomic mass is 32.2. The maximum Gasteiger partial charge on any atom is 0.399 e. The van der Waals surface area contributed by atoms with Crippen molar-refractivity contribution < 1.29 is 22.8 Å². The van der Waals surface area contributed by atoms with E-state index in [4.69, 9.17) is 5.73 Å². The third kappa shape index (κ3) is 5.57. The van der Waals surface area contributed by atoms with E-state index >= 15 is 0 Å². The third-order valence-corrected chi connectivity index (χ3v) is 6.33. The fourth-order valence-electron chi connectivity index (χ4n) is 3.10. The number of rotatable bonds is 7. The van der Waals surface area contributed by atoms with Crippen molar-refractivity contribution in [3.05, 3.63) is 35.3 Å². The number of hydrogen-bond donors (Lipinski definition) is 2. The highest BCUT2D eigenvalue weighted by molar-refractivity contribution is 8.08. The van der Waals surface area contributed by atoms with Crippen LogP contribution in [0, 0.1) is 0 Å². The largest absolute Gasteiger partial charge is 0.399 e. The molecule has 170 valence electrons. The number of likely N-dealkylation sites (tertiary alicyclic amines) is 1. The number of urea groups is 1. The van der Waals surface area contributed by atoms with Gasteiger partial charge in [-0.25, -0.2) is 4.79 Å². The molecule has 3 N–H and O–H groups in total. The van der Waals surface area contributed by atoms with Crippen LogP contribution in [-0.2, 0) is 10.2 Å². The third-order valence-electron chi connectivity index (χ3n) is 5.22. The number of nitrogens with one attached hydrogen (secondary N) is 1. The average molecular weight is 458 g/mol. The standard InChI is InChI=1S/C20H26F3N5O2S/c1-12(25-4)16(13-7-8-26-15(10-13)19(2,3)20(21,22)23)31-11-27-18(30)28-9-5-6-14(28)17(24)29/h7-8,10,14H,4-6,9,11H2,1-3H3,(H2,24,29)(H,27,30). The number of amides is 3. The lowest BCUT2D eigenvalue weighted by Gasteiger charge is -2.27. The molecule has 0 bridgehead atoms. The van der Waals surface area contributed by atoms with E-state index in [9.17, 15) is 22.8 Å². The molecule has 0 aromatic carbocycles.